The van der Waals surface area contributed by atoms with E-state index in [0.717, 1.165) is 19.3 Å². The lowest BCUT2D eigenvalue weighted by Crippen LogP contribution is -2.13. The van der Waals surface area contributed by atoms with Gasteiger partial charge in [0.1, 0.15) is 0 Å². The lowest BCUT2D eigenvalue weighted by atomic mass is 9.86. The van der Waals surface area contributed by atoms with Crippen molar-refractivity contribution < 1.29 is 5.11 Å². The second-order valence-corrected chi connectivity index (χ2v) is 5.05. The summed E-state index contributed by atoms with van der Waals surface area (Å²) in [7, 11) is 0. The molecule has 0 saturated heterocycles. The normalized spacial score (nSPS) is 12.6. The molecular weight excluding hydrogens is 232 g/mol. The molecule has 1 N–H and O–H groups in total. The van der Waals surface area contributed by atoms with E-state index in [2.05, 4.69) is 55.5 Å². The second kappa shape index (κ2) is 7.10. The number of benzene rings is 2. The Hall–Kier alpha value is -1.60. The monoisotopic (exact) mass is 254 g/mol. The van der Waals surface area contributed by atoms with Crippen LogP contribution in [0.1, 0.15) is 43.2 Å². The Labute approximate surface area is 115 Å². The average molecular weight is 254 g/mol. The predicted molar refractivity (Wildman–Crippen MR) is 80.3 cm³/mol. The quantitative estimate of drug-likeness (QED) is 0.811. The molecule has 19 heavy (non-hydrogen) atoms. The zero-order chi connectivity index (χ0) is 13.5. The standard InChI is InChI=1S/C18H22O/c1-2-9-17(19)14-18(15-10-5-3-6-11-15)16-12-7-4-8-13-16/h3-8,10-13,17-19H,2,9,14H2,1H3. The summed E-state index contributed by atoms with van der Waals surface area (Å²) in [6.45, 7) is 2.11. The lowest BCUT2D eigenvalue weighted by Gasteiger charge is -2.21. The van der Waals surface area contributed by atoms with Crippen LogP contribution in [0.4, 0.5) is 0 Å². The fourth-order valence-corrected chi connectivity index (χ4v) is 2.56. The van der Waals surface area contributed by atoms with Gasteiger partial charge in [-0.2, -0.15) is 0 Å². The molecule has 0 aliphatic carbocycles. The third kappa shape index (κ3) is 3.93. The Morgan fingerprint density at radius 2 is 1.32 bits per heavy atom. The maximum Gasteiger partial charge on any atom is 0.0549 e. The first-order valence-corrected chi connectivity index (χ1v) is 7.09. The number of aliphatic hydroxyl groups is 1. The highest BCUT2D eigenvalue weighted by Gasteiger charge is 2.17. The molecule has 0 amide bonds. The molecule has 1 heteroatoms. The first kappa shape index (κ1) is 13.8. The zero-order valence-electron chi connectivity index (χ0n) is 11.5. The van der Waals surface area contributed by atoms with Crippen molar-refractivity contribution in [3.05, 3.63) is 71.8 Å². The molecule has 2 aromatic rings. The van der Waals surface area contributed by atoms with Gasteiger partial charge in [0, 0.05) is 5.92 Å². The first-order valence-electron chi connectivity index (χ1n) is 7.09. The van der Waals surface area contributed by atoms with E-state index < -0.39 is 0 Å². The van der Waals surface area contributed by atoms with Crippen molar-refractivity contribution in [1.82, 2.24) is 0 Å². The Balaban J connectivity index is 2.24. The van der Waals surface area contributed by atoms with Crippen molar-refractivity contribution in [2.24, 2.45) is 0 Å². The van der Waals surface area contributed by atoms with Crippen LogP contribution < -0.4 is 0 Å². The topological polar surface area (TPSA) is 20.2 Å². The maximum atomic E-state index is 10.1. The van der Waals surface area contributed by atoms with E-state index in [0.29, 0.717) is 0 Å². The van der Waals surface area contributed by atoms with E-state index in [1.807, 2.05) is 12.1 Å². The zero-order valence-corrected chi connectivity index (χ0v) is 11.5. The molecular formula is C18H22O. The van der Waals surface area contributed by atoms with Gasteiger partial charge in [0.25, 0.3) is 0 Å². The molecule has 0 fully saturated rings. The molecule has 0 saturated carbocycles. The summed E-state index contributed by atoms with van der Waals surface area (Å²) in [5.41, 5.74) is 2.56. The van der Waals surface area contributed by atoms with Gasteiger partial charge in [-0.25, -0.2) is 0 Å². The van der Waals surface area contributed by atoms with Gasteiger partial charge in [0.15, 0.2) is 0 Å². The van der Waals surface area contributed by atoms with Crippen LogP contribution in [0.15, 0.2) is 60.7 Å². The summed E-state index contributed by atoms with van der Waals surface area (Å²) >= 11 is 0. The van der Waals surface area contributed by atoms with Gasteiger partial charge in [-0.15, -0.1) is 0 Å². The van der Waals surface area contributed by atoms with Crippen LogP contribution in [0, 0.1) is 0 Å². The van der Waals surface area contributed by atoms with Gasteiger partial charge in [-0.05, 0) is 24.0 Å². The van der Waals surface area contributed by atoms with E-state index in [9.17, 15) is 5.11 Å². The highest BCUT2D eigenvalue weighted by molar-refractivity contribution is 5.32. The Morgan fingerprint density at radius 3 is 1.74 bits per heavy atom. The van der Waals surface area contributed by atoms with Crippen molar-refractivity contribution in [2.45, 2.75) is 38.2 Å². The van der Waals surface area contributed by atoms with Crippen LogP contribution >= 0.6 is 0 Å². The van der Waals surface area contributed by atoms with Crippen LogP contribution in [-0.4, -0.2) is 11.2 Å². The fraction of sp³-hybridized carbons (Fsp3) is 0.333. The molecule has 0 heterocycles. The Kier molecular flexibility index (Phi) is 5.17. The highest BCUT2D eigenvalue weighted by Crippen LogP contribution is 2.29. The molecule has 1 atom stereocenters. The van der Waals surface area contributed by atoms with Crippen molar-refractivity contribution in [1.29, 1.82) is 0 Å². The Morgan fingerprint density at radius 1 is 0.842 bits per heavy atom. The number of aliphatic hydroxyl groups excluding tert-OH is 1. The lowest BCUT2D eigenvalue weighted by molar-refractivity contribution is 0.148. The van der Waals surface area contributed by atoms with Crippen LogP contribution in [0.2, 0.25) is 0 Å². The van der Waals surface area contributed by atoms with Crippen molar-refractivity contribution in [2.75, 3.05) is 0 Å². The van der Waals surface area contributed by atoms with Crippen LogP contribution in [0.3, 0.4) is 0 Å². The molecule has 100 valence electrons. The third-order valence-electron chi connectivity index (χ3n) is 3.53. The summed E-state index contributed by atoms with van der Waals surface area (Å²) in [5.74, 6) is 0.281. The van der Waals surface area contributed by atoms with E-state index in [4.69, 9.17) is 0 Å². The van der Waals surface area contributed by atoms with E-state index in [1.54, 1.807) is 0 Å². The molecule has 2 rings (SSSR count). The molecule has 0 bridgehead atoms. The minimum atomic E-state index is -0.226. The number of rotatable bonds is 6. The van der Waals surface area contributed by atoms with E-state index in [-0.39, 0.29) is 12.0 Å². The van der Waals surface area contributed by atoms with Gasteiger partial charge in [-0.1, -0.05) is 74.0 Å². The van der Waals surface area contributed by atoms with Crippen molar-refractivity contribution in [3.8, 4) is 0 Å². The molecule has 2 aromatic carbocycles. The summed E-state index contributed by atoms with van der Waals surface area (Å²) < 4.78 is 0. The third-order valence-corrected chi connectivity index (χ3v) is 3.53. The molecule has 0 aliphatic heterocycles. The maximum absolute atomic E-state index is 10.1. The molecule has 0 radical (unpaired) electrons. The molecule has 0 aliphatic rings. The van der Waals surface area contributed by atoms with Crippen LogP contribution in [0.5, 0.6) is 0 Å². The average Bonchev–Trinajstić information content (AvgIpc) is 2.47. The number of hydrogen-bond donors (Lipinski definition) is 1. The van der Waals surface area contributed by atoms with Crippen molar-refractivity contribution >= 4 is 0 Å². The smallest absolute Gasteiger partial charge is 0.0549 e. The van der Waals surface area contributed by atoms with Gasteiger partial charge in [-0.3, -0.25) is 0 Å². The van der Waals surface area contributed by atoms with Gasteiger partial charge in [0.05, 0.1) is 6.10 Å². The van der Waals surface area contributed by atoms with E-state index >= 15 is 0 Å². The predicted octanol–water partition coefficient (Wildman–Crippen LogP) is 4.37. The van der Waals surface area contributed by atoms with Gasteiger partial charge < -0.3 is 5.11 Å². The van der Waals surface area contributed by atoms with Crippen LogP contribution in [-0.2, 0) is 0 Å². The van der Waals surface area contributed by atoms with E-state index in [1.165, 1.54) is 11.1 Å². The first-order chi connectivity index (χ1) is 9.31. The van der Waals surface area contributed by atoms with Crippen molar-refractivity contribution in [3.63, 3.8) is 0 Å². The summed E-state index contributed by atoms with van der Waals surface area (Å²) in [5, 5.41) is 10.1. The fourth-order valence-electron chi connectivity index (χ4n) is 2.56. The largest absolute Gasteiger partial charge is 0.393 e. The molecule has 0 spiro atoms. The summed E-state index contributed by atoms with van der Waals surface area (Å²) in [4.78, 5) is 0. The number of hydrogen-bond acceptors (Lipinski definition) is 1. The minimum Gasteiger partial charge on any atom is -0.393 e. The molecule has 0 aromatic heterocycles. The summed E-state index contributed by atoms with van der Waals surface area (Å²) in [6.07, 6.45) is 2.46. The minimum absolute atomic E-state index is 0.226. The van der Waals surface area contributed by atoms with Crippen LogP contribution in [0.25, 0.3) is 0 Å². The molecule has 1 unspecified atom stereocenters. The summed E-state index contributed by atoms with van der Waals surface area (Å²) in [6, 6.07) is 20.9. The van der Waals surface area contributed by atoms with Gasteiger partial charge in [0.2, 0.25) is 0 Å². The SMILES string of the molecule is CCCC(O)CC(c1ccccc1)c1ccccc1. The molecule has 1 nitrogen and oxygen atoms in total. The highest BCUT2D eigenvalue weighted by atomic mass is 16.3. The second-order valence-electron chi connectivity index (χ2n) is 5.05. The Bertz CT molecular complexity index is 424. The van der Waals surface area contributed by atoms with Gasteiger partial charge >= 0.3 is 0 Å².